The lowest BCUT2D eigenvalue weighted by Crippen LogP contribution is -2.32. The largest absolute Gasteiger partial charge is 0.494 e. The first-order valence-electron chi connectivity index (χ1n) is 10.1. The third-order valence-electron chi connectivity index (χ3n) is 6.12. The Kier molecular flexibility index (Phi) is 6.59. The second-order valence-corrected chi connectivity index (χ2v) is 7.70. The Morgan fingerprint density at radius 3 is 2.21 bits per heavy atom. The molecule has 0 amide bonds. The molecule has 24 heavy (non-hydrogen) atoms. The van der Waals surface area contributed by atoms with Crippen LogP contribution in [0.25, 0.3) is 0 Å². The highest BCUT2D eigenvalue weighted by Crippen LogP contribution is 2.41. The molecule has 0 aromatic heterocycles. The highest BCUT2D eigenvalue weighted by atomic mass is 16.5. The number of rotatable bonds is 6. The zero-order valence-corrected chi connectivity index (χ0v) is 15.5. The third-order valence-corrected chi connectivity index (χ3v) is 6.12. The van der Waals surface area contributed by atoms with Crippen molar-refractivity contribution in [2.75, 3.05) is 13.2 Å². The lowest BCUT2D eigenvalue weighted by molar-refractivity contribution is -0.0408. The van der Waals surface area contributed by atoms with Gasteiger partial charge in [-0.1, -0.05) is 25.5 Å². The Morgan fingerprint density at radius 2 is 1.62 bits per heavy atom. The number of ether oxygens (including phenoxy) is 2. The molecule has 0 N–H and O–H groups in total. The summed E-state index contributed by atoms with van der Waals surface area (Å²) in [5.41, 5.74) is 1.50. The van der Waals surface area contributed by atoms with E-state index in [0.29, 0.717) is 6.10 Å². The molecule has 2 unspecified atom stereocenters. The molecule has 1 heterocycles. The molecule has 2 nitrogen and oxygen atoms in total. The van der Waals surface area contributed by atoms with E-state index in [9.17, 15) is 0 Å². The van der Waals surface area contributed by atoms with Gasteiger partial charge in [0.05, 0.1) is 19.3 Å². The van der Waals surface area contributed by atoms with Crippen LogP contribution in [0.2, 0.25) is 0 Å². The molecule has 1 aliphatic carbocycles. The van der Waals surface area contributed by atoms with E-state index < -0.39 is 0 Å². The summed E-state index contributed by atoms with van der Waals surface area (Å²) in [6.07, 6.45) is 11.2. The van der Waals surface area contributed by atoms with Crippen LogP contribution >= 0.6 is 0 Å². The van der Waals surface area contributed by atoms with Crippen LogP contribution in [-0.2, 0) is 4.74 Å². The van der Waals surface area contributed by atoms with Gasteiger partial charge in [-0.25, -0.2) is 0 Å². The fraction of sp³-hybridized carbons (Fsp3) is 0.727. The molecule has 1 aromatic carbocycles. The second kappa shape index (κ2) is 8.89. The highest BCUT2D eigenvalue weighted by molar-refractivity contribution is 5.29. The van der Waals surface area contributed by atoms with E-state index in [1.807, 2.05) is 6.92 Å². The third kappa shape index (κ3) is 4.53. The standard InChI is InChI=1S/C22H34O2/c1-3-5-21-15-12-20(16-24-21)19-8-6-17(7-9-19)18-10-13-22(14-11-18)23-4-2/h10-11,13-14,17,19-21H,3-9,12,15-16H2,1-2H3. The van der Waals surface area contributed by atoms with E-state index in [2.05, 4.69) is 31.2 Å². The quantitative estimate of drug-likeness (QED) is 0.641. The number of hydrogen-bond acceptors (Lipinski definition) is 2. The summed E-state index contributed by atoms with van der Waals surface area (Å²) >= 11 is 0. The fourth-order valence-electron chi connectivity index (χ4n) is 4.67. The van der Waals surface area contributed by atoms with Crippen LogP contribution in [-0.4, -0.2) is 19.3 Å². The van der Waals surface area contributed by atoms with Crippen molar-refractivity contribution in [1.82, 2.24) is 0 Å². The van der Waals surface area contributed by atoms with Crippen LogP contribution in [0.5, 0.6) is 5.75 Å². The maximum Gasteiger partial charge on any atom is 0.119 e. The van der Waals surface area contributed by atoms with Crippen LogP contribution < -0.4 is 4.74 Å². The van der Waals surface area contributed by atoms with Gasteiger partial charge in [0.2, 0.25) is 0 Å². The zero-order valence-electron chi connectivity index (χ0n) is 15.5. The van der Waals surface area contributed by atoms with Gasteiger partial charge in [0.25, 0.3) is 0 Å². The first-order valence-corrected chi connectivity index (χ1v) is 10.1. The summed E-state index contributed by atoms with van der Waals surface area (Å²) in [4.78, 5) is 0. The van der Waals surface area contributed by atoms with Gasteiger partial charge >= 0.3 is 0 Å². The molecule has 2 heteroatoms. The first-order chi connectivity index (χ1) is 11.8. The van der Waals surface area contributed by atoms with Gasteiger partial charge in [0, 0.05) is 0 Å². The molecule has 2 atom stereocenters. The Balaban J connectivity index is 1.45. The minimum atomic E-state index is 0.548. The van der Waals surface area contributed by atoms with Crippen molar-refractivity contribution in [2.24, 2.45) is 11.8 Å². The Hall–Kier alpha value is -1.02. The van der Waals surface area contributed by atoms with E-state index >= 15 is 0 Å². The van der Waals surface area contributed by atoms with Gasteiger partial charge in [0.1, 0.15) is 5.75 Å². The number of benzene rings is 1. The van der Waals surface area contributed by atoms with Crippen molar-refractivity contribution in [3.8, 4) is 5.75 Å². The topological polar surface area (TPSA) is 18.5 Å². The predicted octanol–water partition coefficient (Wildman–Crippen LogP) is 5.95. The summed E-state index contributed by atoms with van der Waals surface area (Å²) in [7, 11) is 0. The average molecular weight is 331 g/mol. The summed E-state index contributed by atoms with van der Waals surface area (Å²) in [5.74, 6) is 3.45. The van der Waals surface area contributed by atoms with E-state index in [0.717, 1.165) is 36.7 Å². The molecule has 1 aromatic rings. The van der Waals surface area contributed by atoms with E-state index in [4.69, 9.17) is 9.47 Å². The maximum absolute atomic E-state index is 6.12. The minimum Gasteiger partial charge on any atom is -0.494 e. The molecule has 1 saturated heterocycles. The second-order valence-electron chi connectivity index (χ2n) is 7.70. The SMILES string of the molecule is CCCC1CCC(C2CCC(c3ccc(OCC)cc3)CC2)CO1. The van der Waals surface area contributed by atoms with Crippen molar-refractivity contribution < 1.29 is 9.47 Å². The Morgan fingerprint density at radius 1 is 0.917 bits per heavy atom. The van der Waals surface area contributed by atoms with Crippen LogP contribution in [0.15, 0.2) is 24.3 Å². The fourth-order valence-corrected chi connectivity index (χ4v) is 4.67. The van der Waals surface area contributed by atoms with Gasteiger partial charge in [-0.2, -0.15) is 0 Å². The van der Waals surface area contributed by atoms with Crippen LogP contribution in [0.1, 0.15) is 76.7 Å². The van der Waals surface area contributed by atoms with Crippen LogP contribution in [0, 0.1) is 11.8 Å². The molecular formula is C22H34O2. The molecule has 0 radical (unpaired) electrons. The van der Waals surface area contributed by atoms with E-state index in [1.165, 1.54) is 56.9 Å². The molecular weight excluding hydrogens is 296 g/mol. The van der Waals surface area contributed by atoms with Gasteiger partial charge in [-0.15, -0.1) is 0 Å². The monoisotopic (exact) mass is 330 g/mol. The van der Waals surface area contributed by atoms with E-state index in [1.54, 1.807) is 0 Å². The normalized spacial score (nSPS) is 30.9. The molecule has 1 saturated carbocycles. The molecule has 3 rings (SSSR count). The smallest absolute Gasteiger partial charge is 0.119 e. The zero-order chi connectivity index (χ0) is 16.8. The van der Waals surface area contributed by atoms with Crippen LogP contribution in [0.4, 0.5) is 0 Å². The van der Waals surface area contributed by atoms with Crippen LogP contribution in [0.3, 0.4) is 0 Å². The Labute approximate surface area is 147 Å². The highest BCUT2D eigenvalue weighted by Gasteiger charge is 2.31. The predicted molar refractivity (Wildman–Crippen MR) is 99.7 cm³/mol. The summed E-state index contributed by atoms with van der Waals surface area (Å²) in [6, 6.07) is 8.81. The van der Waals surface area contributed by atoms with Gasteiger partial charge in [-0.3, -0.25) is 0 Å². The van der Waals surface area contributed by atoms with Crippen molar-refractivity contribution in [3.05, 3.63) is 29.8 Å². The molecule has 2 aliphatic rings. The number of hydrogen-bond donors (Lipinski definition) is 0. The molecule has 1 aliphatic heterocycles. The van der Waals surface area contributed by atoms with Gasteiger partial charge < -0.3 is 9.47 Å². The molecule has 0 spiro atoms. The van der Waals surface area contributed by atoms with E-state index in [-0.39, 0.29) is 0 Å². The minimum absolute atomic E-state index is 0.548. The van der Waals surface area contributed by atoms with Crippen molar-refractivity contribution in [1.29, 1.82) is 0 Å². The lowest BCUT2D eigenvalue weighted by Gasteiger charge is -2.38. The Bertz CT molecular complexity index is 465. The molecule has 0 bridgehead atoms. The van der Waals surface area contributed by atoms with Gasteiger partial charge in [-0.05, 0) is 87.3 Å². The maximum atomic E-state index is 6.12. The molecule has 2 fully saturated rings. The van der Waals surface area contributed by atoms with Gasteiger partial charge in [0.15, 0.2) is 0 Å². The van der Waals surface area contributed by atoms with Crippen molar-refractivity contribution in [2.45, 2.75) is 77.2 Å². The van der Waals surface area contributed by atoms with Crippen molar-refractivity contribution >= 4 is 0 Å². The first kappa shape index (κ1) is 17.8. The summed E-state index contributed by atoms with van der Waals surface area (Å²) < 4.78 is 11.7. The average Bonchev–Trinajstić information content (AvgIpc) is 2.64. The molecule has 134 valence electrons. The summed E-state index contributed by atoms with van der Waals surface area (Å²) in [5, 5.41) is 0. The lowest BCUT2D eigenvalue weighted by atomic mass is 9.72. The van der Waals surface area contributed by atoms with Crippen molar-refractivity contribution in [3.63, 3.8) is 0 Å². The summed E-state index contributed by atoms with van der Waals surface area (Å²) in [6.45, 7) is 6.06.